The molecule has 8 aromatic rings. The summed E-state index contributed by atoms with van der Waals surface area (Å²) in [7, 11) is 0. The third-order valence-corrected chi connectivity index (χ3v) is 13.0. The molecule has 0 N–H and O–H groups in total. The number of hydrogen-bond acceptors (Lipinski definition) is 4. The van der Waals surface area contributed by atoms with Crippen LogP contribution in [0.15, 0.2) is 120 Å². The minimum atomic E-state index is -1.73. The van der Waals surface area contributed by atoms with Crippen molar-refractivity contribution in [1.29, 1.82) is 0 Å². The van der Waals surface area contributed by atoms with E-state index in [0.29, 0.717) is 5.71 Å². The van der Waals surface area contributed by atoms with Crippen molar-refractivity contribution < 1.29 is 24.5 Å². The van der Waals surface area contributed by atoms with Gasteiger partial charge < -0.3 is 8.98 Å². The van der Waals surface area contributed by atoms with Gasteiger partial charge in [-0.3, -0.25) is 4.98 Å². The molecular weight excluding hydrogens is 865 g/mol. The predicted molar refractivity (Wildman–Crippen MR) is 210 cm³/mol. The van der Waals surface area contributed by atoms with Crippen LogP contribution in [0.4, 0.5) is 0 Å². The van der Waals surface area contributed by atoms with Gasteiger partial charge in [-0.05, 0) is 48.2 Å². The molecule has 4 heterocycles. The molecule has 259 valence electrons. The van der Waals surface area contributed by atoms with Gasteiger partial charge in [0.1, 0.15) is 0 Å². The first-order chi connectivity index (χ1) is 23.9. The SMILES string of the molecule is CC(C)(C)Cc1ccc2c(n1)oc1c(-c3nc4ccccc4n3-c3ccccc3)[c-]ccc12.Cc1c[c-]c(-c2cc[c]([Ge]([CH3])([CH3])[CH3])cn2)cc1.[Ir]. The van der Waals surface area contributed by atoms with Crippen LogP contribution in [0.5, 0.6) is 0 Å². The summed E-state index contributed by atoms with van der Waals surface area (Å²) in [5.74, 6) is 7.96. The molecule has 0 unspecified atom stereocenters. The zero-order chi connectivity index (χ0) is 35.0. The standard InChI is InChI=1S/C29H24N3O.C15H18GeN.Ir/c1-29(2,3)18-19-16-17-22-21-12-9-13-23(26(21)33-28(22)30-19)27-31-24-14-7-8-15-25(24)32(27)20-10-5-4-6-11-20;1-12-5-7-13(8-6-12)15-10-9-14(11-17-15)16(2,3)4;/h4-12,14-17H,18H2,1-3H3;5-7,9-11H,1-4H3;/q2*-1;. The van der Waals surface area contributed by atoms with Crippen molar-refractivity contribution in [1.82, 2.24) is 19.5 Å². The second-order valence-corrected chi connectivity index (χ2v) is 25.8. The summed E-state index contributed by atoms with van der Waals surface area (Å²) < 4.78 is 10.0. The maximum absolute atomic E-state index is 6.38. The molecular formula is C44H42GeIrN4O-2. The molecule has 0 amide bonds. The average molecular weight is 908 g/mol. The molecule has 0 aliphatic carbocycles. The molecule has 4 aromatic carbocycles. The van der Waals surface area contributed by atoms with Crippen LogP contribution in [-0.2, 0) is 26.5 Å². The number of nitrogens with zero attached hydrogens (tertiary/aromatic N) is 4. The molecule has 51 heavy (non-hydrogen) atoms. The molecule has 1 radical (unpaired) electrons. The number of aromatic nitrogens is 4. The Bertz CT molecular complexity index is 2420. The van der Waals surface area contributed by atoms with Gasteiger partial charge >= 0.3 is 106 Å². The molecule has 0 fully saturated rings. The van der Waals surface area contributed by atoms with Gasteiger partial charge in [0.25, 0.3) is 0 Å². The summed E-state index contributed by atoms with van der Waals surface area (Å²) in [4.78, 5) is 14.4. The summed E-state index contributed by atoms with van der Waals surface area (Å²) in [6.07, 6.45) is 2.94. The second kappa shape index (κ2) is 14.7. The second-order valence-electron chi connectivity index (χ2n) is 15.1. The summed E-state index contributed by atoms with van der Waals surface area (Å²) in [6, 6.07) is 43.9. The molecule has 0 spiro atoms. The Labute approximate surface area is 316 Å². The minimum absolute atomic E-state index is 0. The minimum Gasteiger partial charge on any atom is 0 e. The van der Waals surface area contributed by atoms with E-state index < -0.39 is 13.3 Å². The third kappa shape index (κ3) is 7.94. The molecule has 0 aliphatic rings. The van der Waals surface area contributed by atoms with Crippen molar-refractivity contribution in [3.05, 3.63) is 139 Å². The van der Waals surface area contributed by atoms with E-state index in [4.69, 9.17) is 14.4 Å². The predicted octanol–water partition coefficient (Wildman–Crippen LogP) is 10.8. The number of fused-ring (bicyclic) bond motifs is 4. The van der Waals surface area contributed by atoms with E-state index in [2.05, 4.69) is 121 Å². The van der Waals surface area contributed by atoms with E-state index in [-0.39, 0.29) is 25.5 Å². The largest absolute Gasteiger partial charge is 0 e. The van der Waals surface area contributed by atoms with Crippen molar-refractivity contribution in [3.8, 4) is 28.3 Å². The first kappa shape index (κ1) is 36.4. The Morgan fingerprint density at radius 2 is 1.55 bits per heavy atom. The molecule has 0 saturated carbocycles. The smallest absolute Gasteiger partial charge is 0 e. The van der Waals surface area contributed by atoms with E-state index in [9.17, 15) is 0 Å². The molecule has 0 aliphatic heterocycles. The van der Waals surface area contributed by atoms with Crippen molar-refractivity contribution in [3.63, 3.8) is 0 Å². The first-order valence-electron chi connectivity index (χ1n) is 17.2. The van der Waals surface area contributed by atoms with E-state index in [1.165, 1.54) is 9.96 Å². The van der Waals surface area contributed by atoms with Crippen molar-refractivity contribution in [2.24, 2.45) is 5.41 Å². The van der Waals surface area contributed by atoms with Gasteiger partial charge in [-0.15, -0.1) is 18.2 Å². The van der Waals surface area contributed by atoms with Crippen molar-refractivity contribution in [2.45, 2.75) is 51.4 Å². The number of furan rings is 1. The van der Waals surface area contributed by atoms with E-state index in [0.717, 1.165) is 67.8 Å². The molecule has 7 heteroatoms. The van der Waals surface area contributed by atoms with E-state index in [1.54, 1.807) is 0 Å². The topological polar surface area (TPSA) is 56.7 Å². The normalized spacial score (nSPS) is 11.7. The van der Waals surface area contributed by atoms with Gasteiger partial charge in [0.15, 0.2) is 0 Å². The quantitative estimate of drug-likeness (QED) is 0.128. The maximum Gasteiger partial charge on any atom is 0 e. The van der Waals surface area contributed by atoms with Crippen molar-refractivity contribution in [2.75, 3.05) is 0 Å². The van der Waals surface area contributed by atoms with Crippen LogP contribution in [0, 0.1) is 24.5 Å². The fourth-order valence-electron chi connectivity index (χ4n) is 6.16. The summed E-state index contributed by atoms with van der Waals surface area (Å²) >= 11 is -1.73. The summed E-state index contributed by atoms with van der Waals surface area (Å²) in [6.45, 7) is 8.74. The van der Waals surface area contributed by atoms with E-state index >= 15 is 0 Å². The van der Waals surface area contributed by atoms with Gasteiger partial charge in [0.05, 0.1) is 22.4 Å². The van der Waals surface area contributed by atoms with Crippen molar-refractivity contribution >= 4 is 50.8 Å². The molecule has 8 rings (SSSR count). The van der Waals surface area contributed by atoms with Gasteiger partial charge in [-0.2, -0.15) is 0 Å². The number of aryl methyl sites for hydroxylation is 1. The average Bonchev–Trinajstić information content (AvgIpc) is 3.67. The van der Waals surface area contributed by atoms with Crippen LogP contribution in [0.3, 0.4) is 0 Å². The Hall–Kier alpha value is -4.36. The summed E-state index contributed by atoms with van der Waals surface area (Å²) in [5, 5.41) is 2.04. The molecule has 4 aromatic heterocycles. The number of para-hydroxylation sites is 3. The third-order valence-electron chi connectivity index (χ3n) is 8.74. The van der Waals surface area contributed by atoms with Crippen LogP contribution in [0.1, 0.15) is 32.0 Å². The van der Waals surface area contributed by atoms with Crippen LogP contribution in [0.25, 0.3) is 61.4 Å². The fraction of sp³-hybridized carbons (Fsp3) is 0.205. The number of imidazole rings is 1. The molecule has 0 saturated heterocycles. The Morgan fingerprint density at radius 1 is 0.784 bits per heavy atom. The fourth-order valence-corrected chi connectivity index (χ4v) is 8.33. The van der Waals surface area contributed by atoms with Gasteiger partial charge in [0, 0.05) is 36.9 Å². The zero-order valence-electron chi connectivity index (χ0n) is 30.2. The number of pyridine rings is 2. The maximum atomic E-state index is 6.38. The first-order valence-corrected chi connectivity index (χ1v) is 24.5. The molecule has 5 nitrogen and oxygen atoms in total. The van der Waals surface area contributed by atoms with Gasteiger partial charge in [-0.1, -0.05) is 62.1 Å². The van der Waals surface area contributed by atoms with Gasteiger partial charge in [0.2, 0.25) is 5.71 Å². The van der Waals surface area contributed by atoms with Crippen LogP contribution in [0.2, 0.25) is 17.3 Å². The Morgan fingerprint density at radius 3 is 2.24 bits per heavy atom. The van der Waals surface area contributed by atoms with Crippen LogP contribution >= 0.6 is 0 Å². The van der Waals surface area contributed by atoms with Gasteiger partial charge in [-0.25, -0.2) is 4.98 Å². The monoisotopic (exact) mass is 909 g/mol. The summed E-state index contributed by atoms with van der Waals surface area (Å²) in [5.41, 5.74) is 9.81. The Balaban J connectivity index is 0.000000211. The Kier molecular flexibility index (Phi) is 10.5. The number of benzene rings is 4. The molecule has 0 bridgehead atoms. The van der Waals surface area contributed by atoms with Crippen LogP contribution < -0.4 is 4.40 Å². The van der Waals surface area contributed by atoms with Crippen LogP contribution in [-0.4, -0.2) is 32.8 Å². The molecule has 0 atom stereocenters. The number of hydrogen-bond donors (Lipinski definition) is 0. The van der Waals surface area contributed by atoms with E-state index in [1.807, 2.05) is 60.8 Å². The zero-order valence-corrected chi connectivity index (χ0v) is 34.7. The number of rotatable bonds is 5.